The van der Waals surface area contributed by atoms with Gasteiger partial charge < -0.3 is 14.7 Å². The minimum atomic E-state index is -3.28. The molecule has 0 saturated heterocycles. The van der Waals surface area contributed by atoms with E-state index in [1.807, 2.05) is 32.8 Å². The van der Waals surface area contributed by atoms with Crippen LogP contribution in [0.4, 0.5) is 0 Å². The lowest BCUT2D eigenvalue weighted by Crippen LogP contribution is -2.34. The highest BCUT2D eigenvalue weighted by molar-refractivity contribution is 7.91. The van der Waals surface area contributed by atoms with Crippen LogP contribution >= 0.6 is 0 Å². The number of rotatable bonds is 9. The number of amides is 1. The number of aromatic nitrogens is 1. The van der Waals surface area contributed by atoms with E-state index in [2.05, 4.69) is 34.7 Å². The summed E-state index contributed by atoms with van der Waals surface area (Å²) in [7, 11) is 0.655. The van der Waals surface area contributed by atoms with Crippen LogP contribution in [0, 0.1) is 6.92 Å². The normalized spacial score (nSPS) is 12.7. The Bertz CT molecular complexity index is 1150. The van der Waals surface area contributed by atoms with E-state index in [0.717, 1.165) is 5.56 Å². The van der Waals surface area contributed by atoms with Crippen molar-refractivity contribution in [1.82, 2.24) is 15.4 Å². The van der Waals surface area contributed by atoms with Gasteiger partial charge in [-0.15, -0.1) is 0 Å². The first-order valence-corrected chi connectivity index (χ1v) is 12.2. The van der Waals surface area contributed by atoms with E-state index in [-0.39, 0.29) is 28.3 Å². The molecule has 1 aromatic heterocycles. The van der Waals surface area contributed by atoms with E-state index in [4.69, 9.17) is 4.52 Å². The minimum Gasteiger partial charge on any atom is -0.355 e. The molecule has 1 amide bonds. The van der Waals surface area contributed by atoms with Crippen LogP contribution in [0.15, 0.2) is 64.0 Å². The van der Waals surface area contributed by atoms with Gasteiger partial charge in [-0.3, -0.25) is 4.79 Å². The number of carbonyl (C=O) groups is 1. The summed E-state index contributed by atoms with van der Waals surface area (Å²) in [5.41, 5.74) is 3.11. The summed E-state index contributed by atoms with van der Waals surface area (Å²) in [6.45, 7) is 4.28. The van der Waals surface area contributed by atoms with Gasteiger partial charge >= 0.3 is 0 Å². The molecule has 0 radical (unpaired) electrons. The van der Waals surface area contributed by atoms with Crippen molar-refractivity contribution >= 4 is 15.7 Å². The first-order chi connectivity index (χ1) is 15.2. The predicted molar refractivity (Wildman–Crippen MR) is 124 cm³/mol. The maximum absolute atomic E-state index is 12.6. The number of likely N-dealkylation sites (N-methyl/N-ethyl adjacent to an activating group) is 1. The molecule has 1 unspecified atom stereocenters. The fourth-order valence-electron chi connectivity index (χ4n) is 3.40. The Labute approximate surface area is 189 Å². The Kier molecular flexibility index (Phi) is 7.48. The zero-order valence-electron chi connectivity index (χ0n) is 18.8. The molecular weight excluding hydrogens is 426 g/mol. The number of aryl methyl sites for hydroxylation is 1. The number of carbonyl (C=O) groups excluding carboxylic acids is 1. The monoisotopic (exact) mass is 455 g/mol. The van der Waals surface area contributed by atoms with Crippen molar-refractivity contribution in [3.05, 3.63) is 71.4 Å². The molecule has 7 nitrogen and oxygen atoms in total. The molecule has 0 aliphatic rings. The van der Waals surface area contributed by atoms with Crippen molar-refractivity contribution in [2.45, 2.75) is 31.2 Å². The minimum absolute atomic E-state index is 0.0172. The third kappa shape index (κ3) is 5.63. The Morgan fingerprint density at radius 1 is 1.09 bits per heavy atom. The lowest BCUT2D eigenvalue weighted by atomic mass is 10.0. The average Bonchev–Trinajstić information content (AvgIpc) is 3.25. The topological polar surface area (TPSA) is 92.5 Å². The standard InChI is InChI=1S/C24H29N3O4S/c1-5-14-32(29,30)20-12-10-19(11-13-20)23-15-21(26-31-23)24(28)25-16-22(27(3)4)18-8-6-17(2)7-9-18/h6-13,15,22H,5,14,16H2,1-4H3,(H,25,28). The molecule has 0 fully saturated rings. The third-order valence-electron chi connectivity index (χ3n) is 5.26. The molecule has 8 heteroatoms. The van der Waals surface area contributed by atoms with Crippen LogP contribution in [0.2, 0.25) is 0 Å². The fraction of sp³-hybridized carbons (Fsp3) is 0.333. The summed E-state index contributed by atoms with van der Waals surface area (Å²) >= 11 is 0. The molecule has 1 heterocycles. The first-order valence-electron chi connectivity index (χ1n) is 10.5. The van der Waals surface area contributed by atoms with Gasteiger partial charge in [-0.1, -0.05) is 41.9 Å². The molecule has 3 aromatic rings. The van der Waals surface area contributed by atoms with Crippen molar-refractivity contribution < 1.29 is 17.7 Å². The lowest BCUT2D eigenvalue weighted by molar-refractivity contribution is 0.0933. The predicted octanol–water partition coefficient (Wildman–Crippen LogP) is 3.87. The smallest absolute Gasteiger partial charge is 0.273 e. The SMILES string of the molecule is CCCS(=O)(=O)c1ccc(-c2cc(C(=O)NCC(c3ccc(C)cc3)N(C)C)no2)cc1. The Morgan fingerprint density at radius 2 is 1.75 bits per heavy atom. The Hall–Kier alpha value is -2.97. The number of hydrogen-bond donors (Lipinski definition) is 1. The van der Waals surface area contributed by atoms with Crippen LogP contribution in [0.3, 0.4) is 0 Å². The van der Waals surface area contributed by atoms with Gasteiger partial charge in [0.05, 0.1) is 16.7 Å². The van der Waals surface area contributed by atoms with Crippen molar-refractivity contribution in [2.24, 2.45) is 0 Å². The summed E-state index contributed by atoms with van der Waals surface area (Å²) < 4.78 is 29.7. The fourth-order valence-corrected chi connectivity index (χ4v) is 4.72. The van der Waals surface area contributed by atoms with Crippen LogP contribution < -0.4 is 5.32 Å². The Balaban J connectivity index is 1.68. The number of nitrogens with zero attached hydrogens (tertiary/aromatic N) is 2. The van der Waals surface area contributed by atoms with Crippen molar-refractivity contribution in [3.63, 3.8) is 0 Å². The van der Waals surface area contributed by atoms with Gasteiger partial charge in [0.2, 0.25) is 0 Å². The molecular formula is C24H29N3O4S. The molecule has 2 aromatic carbocycles. The van der Waals surface area contributed by atoms with E-state index in [1.54, 1.807) is 30.3 Å². The first kappa shape index (κ1) is 23.7. The molecule has 0 spiro atoms. The molecule has 3 rings (SSSR count). The van der Waals surface area contributed by atoms with Crippen LogP contribution in [0.25, 0.3) is 11.3 Å². The number of hydrogen-bond acceptors (Lipinski definition) is 6. The van der Waals surface area contributed by atoms with Gasteiger partial charge in [-0.05, 0) is 57.3 Å². The van der Waals surface area contributed by atoms with Crippen LogP contribution in [-0.2, 0) is 9.84 Å². The van der Waals surface area contributed by atoms with Crippen molar-refractivity contribution in [2.75, 3.05) is 26.4 Å². The summed E-state index contributed by atoms with van der Waals surface area (Å²) in [6.07, 6.45) is 0.559. The van der Waals surface area contributed by atoms with Gasteiger partial charge in [-0.25, -0.2) is 8.42 Å². The molecule has 0 bridgehead atoms. The lowest BCUT2D eigenvalue weighted by Gasteiger charge is -2.25. The molecule has 32 heavy (non-hydrogen) atoms. The summed E-state index contributed by atoms with van der Waals surface area (Å²) in [5, 5.41) is 6.80. The zero-order chi connectivity index (χ0) is 23.3. The summed E-state index contributed by atoms with van der Waals surface area (Å²) in [6, 6.07) is 16.2. The van der Waals surface area contributed by atoms with Gasteiger partial charge in [0.15, 0.2) is 21.3 Å². The van der Waals surface area contributed by atoms with Crippen LogP contribution in [0.1, 0.15) is 41.0 Å². The molecule has 0 aliphatic heterocycles. The number of sulfone groups is 1. The van der Waals surface area contributed by atoms with E-state index in [0.29, 0.717) is 24.3 Å². The highest BCUT2D eigenvalue weighted by atomic mass is 32.2. The van der Waals surface area contributed by atoms with E-state index in [1.165, 1.54) is 5.56 Å². The van der Waals surface area contributed by atoms with Crippen molar-refractivity contribution in [1.29, 1.82) is 0 Å². The maximum Gasteiger partial charge on any atom is 0.273 e. The highest BCUT2D eigenvalue weighted by Gasteiger charge is 2.19. The van der Waals surface area contributed by atoms with Crippen molar-refractivity contribution in [3.8, 4) is 11.3 Å². The highest BCUT2D eigenvalue weighted by Crippen LogP contribution is 2.23. The van der Waals surface area contributed by atoms with Gasteiger partial charge in [-0.2, -0.15) is 0 Å². The Morgan fingerprint density at radius 3 is 2.34 bits per heavy atom. The molecule has 1 N–H and O–H groups in total. The van der Waals surface area contributed by atoms with Crippen LogP contribution in [-0.4, -0.2) is 50.8 Å². The summed E-state index contributed by atoms with van der Waals surface area (Å²) in [5.74, 6) is 0.175. The van der Waals surface area contributed by atoms with Gasteiger partial charge in [0.1, 0.15) is 0 Å². The second-order valence-corrected chi connectivity index (χ2v) is 10.1. The average molecular weight is 456 g/mol. The zero-order valence-corrected chi connectivity index (χ0v) is 19.6. The second kappa shape index (κ2) is 10.1. The molecule has 0 aliphatic carbocycles. The number of nitrogens with one attached hydrogen (secondary N) is 1. The van der Waals surface area contributed by atoms with E-state index in [9.17, 15) is 13.2 Å². The molecule has 170 valence electrons. The molecule has 1 atom stereocenters. The molecule has 0 saturated carbocycles. The van der Waals surface area contributed by atoms with E-state index < -0.39 is 9.84 Å². The quantitative estimate of drug-likeness (QED) is 0.527. The third-order valence-corrected chi connectivity index (χ3v) is 7.19. The second-order valence-electron chi connectivity index (χ2n) is 8.02. The van der Waals surface area contributed by atoms with Gasteiger partial charge in [0, 0.05) is 18.2 Å². The van der Waals surface area contributed by atoms with E-state index >= 15 is 0 Å². The largest absolute Gasteiger partial charge is 0.355 e. The maximum atomic E-state index is 12.6. The van der Waals surface area contributed by atoms with Gasteiger partial charge in [0.25, 0.3) is 5.91 Å². The number of benzene rings is 2. The van der Waals surface area contributed by atoms with Crippen LogP contribution in [0.5, 0.6) is 0 Å². The summed E-state index contributed by atoms with van der Waals surface area (Å²) in [4.78, 5) is 14.9.